The first kappa shape index (κ1) is 9.31. The van der Waals surface area contributed by atoms with E-state index in [-0.39, 0.29) is 21.7 Å². The summed E-state index contributed by atoms with van der Waals surface area (Å²) in [6.07, 6.45) is 0.272. The summed E-state index contributed by atoms with van der Waals surface area (Å²) in [7, 11) is 0. The van der Waals surface area contributed by atoms with Gasteiger partial charge < -0.3 is 10.2 Å². The number of phenolic OH excluding ortho intramolecular Hbond substituents is 2. The van der Waals surface area contributed by atoms with Gasteiger partial charge in [0.15, 0.2) is 15.3 Å². The molecule has 0 heterocycles. The van der Waals surface area contributed by atoms with E-state index in [2.05, 4.69) is 0 Å². The molecule has 1 aromatic carbocycles. The molecular weight excluding hydrogens is 271 g/mol. The van der Waals surface area contributed by atoms with Gasteiger partial charge in [0.05, 0.1) is 0 Å². The molecule has 0 amide bonds. The average molecular weight is 278 g/mol. The van der Waals surface area contributed by atoms with Crippen molar-refractivity contribution in [1.82, 2.24) is 0 Å². The number of hydrogen-bond donors (Lipinski definition) is 2. The molecule has 2 N–H and O–H groups in total. The average Bonchev–Trinajstić information content (AvgIpc) is 1.96. The Labute approximate surface area is 83.2 Å². The highest BCUT2D eigenvalue weighted by atomic mass is 127. The zero-order valence-corrected chi connectivity index (χ0v) is 8.28. The number of hydrogen-bond acceptors (Lipinski definition) is 3. The quantitative estimate of drug-likeness (QED) is 0.491. The van der Waals surface area contributed by atoms with Crippen molar-refractivity contribution in [3.63, 3.8) is 0 Å². The van der Waals surface area contributed by atoms with Gasteiger partial charge in [-0.25, -0.2) is 0 Å². The summed E-state index contributed by atoms with van der Waals surface area (Å²) in [5, 5.41) is 18.0. The Kier molecular flexibility index (Phi) is 2.91. The van der Waals surface area contributed by atoms with Gasteiger partial charge in [0.2, 0.25) is 0 Å². The van der Waals surface area contributed by atoms with Crippen LogP contribution in [0.1, 0.15) is 5.56 Å². The lowest BCUT2D eigenvalue weighted by Crippen LogP contribution is -1.91. The van der Waals surface area contributed by atoms with E-state index in [0.29, 0.717) is 5.56 Å². The van der Waals surface area contributed by atoms with Gasteiger partial charge in [0.1, 0.15) is 0 Å². The van der Waals surface area contributed by atoms with E-state index in [4.69, 9.17) is 10.2 Å². The normalized spacial score (nSPS) is 9.75. The maximum Gasteiger partial charge on any atom is 0.196 e. The molecule has 12 heavy (non-hydrogen) atoms. The first-order valence-corrected chi connectivity index (χ1v) is 4.36. The number of rotatable bonds is 2. The minimum Gasteiger partial charge on any atom is -0.504 e. The summed E-state index contributed by atoms with van der Waals surface area (Å²) in [5.74, 6) is -0.357. The highest BCUT2D eigenvalue weighted by Crippen LogP contribution is 2.25. The van der Waals surface area contributed by atoms with Crippen molar-refractivity contribution >= 4 is 26.4 Å². The lowest BCUT2D eigenvalue weighted by Gasteiger charge is -1.99. The number of halogens is 1. The Morgan fingerprint density at radius 2 is 2.00 bits per heavy atom. The van der Waals surface area contributed by atoms with Crippen LogP contribution in [0.25, 0.3) is 0 Å². The van der Waals surface area contributed by atoms with Crippen LogP contribution in [-0.4, -0.2) is 14.0 Å². The van der Waals surface area contributed by atoms with Crippen molar-refractivity contribution in [2.24, 2.45) is 0 Å². The van der Waals surface area contributed by atoms with Crippen molar-refractivity contribution in [2.45, 2.75) is 6.42 Å². The lowest BCUT2D eigenvalue weighted by molar-refractivity contribution is -0.108. The second-order valence-electron chi connectivity index (χ2n) is 2.35. The van der Waals surface area contributed by atoms with E-state index in [1.54, 1.807) is 28.7 Å². The molecule has 0 unspecified atom stereocenters. The zero-order chi connectivity index (χ0) is 9.14. The predicted octanol–water partition coefficient (Wildman–Crippen LogP) is 1.60. The van der Waals surface area contributed by atoms with Crippen molar-refractivity contribution < 1.29 is 15.0 Å². The number of carbonyl (C=O) groups is 1. The molecule has 1 aromatic rings. The standard InChI is InChI=1S/C8H7IO3/c9-8(12)4-5-1-2-6(10)7(11)3-5/h1-3,10-11H,4H2. The van der Waals surface area contributed by atoms with Gasteiger partial charge in [0.25, 0.3) is 0 Å². The molecule has 1 rings (SSSR count). The molecule has 0 radical (unpaired) electrons. The van der Waals surface area contributed by atoms with Gasteiger partial charge in [-0.3, -0.25) is 4.79 Å². The van der Waals surface area contributed by atoms with Crippen LogP contribution in [0.3, 0.4) is 0 Å². The van der Waals surface area contributed by atoms with Crippen LogP contribution >= 0.6 is 22.6 Å². The third kappa shape index (κ3) is 2.37. The summed E-state index contributed by atoms with van der Waals surface area (Å²) < 4.78 is -0.00214. The maximum absolute atomic E-state index is 10.7. The fourth-order valence-corrected chi connectivity index (χ4v) is 1.28. The first-order valence-electron chi connectivity index (χ1n) is 3.29. The number of benzene rings is 1. The largest absolute Gasteiger partial charge is 0.504 e. The zero-order valence-electron chi connectivity index (χ0n) is 6.12. The van der Waals surface area contributed by atoms with Crippen LogP contribution in [0.5, 0.6) is 11.5 Å². The third-order valence-electron chi connectivity index (χ3n) is 1.38. The van der Waals surface area contributed by atoms with Crippen LogP contribution in [-0.2, 0) is 11.2 Å². The fourth-order valence-electron chi connectivity index (χ4n) is 0.839. The Morgan fingerprint density at radius 1 is 1.33 bits per heavy atom. The SMILES string of the molecule is O=C(I)Cc1ccc(O)c(O)c1. The smallest absolute Gasteiger partial charge is 0.196 e. The Bertz CT molecular complexity index is 309. The summed E-state index contributed by atoms with van der Waals surface area (Å²) in [4.78, 5) is 10.7. The maximum atomic E-state index is 10.7. The number of aromatic hydroxyl groups is 2. The first-order chi connectivity index (χ1) is 5.59. The summed E-state index contributed by atoms with van der Waals surface area (Å²) in [5.41, 5.74) is 0.699. The summed E-state index contributed by atoms with van der Waals surface area (Å²) >= 11 is 1.68. The van der Waals surface area contributed by atoms with E-state index < -0.39 is 0 Å². The van der Waals surface area contributed by atoms with E-state index in [0.717, 1.165) is 0 Å². The molecule has 4 heteroatoms. The fraction of sp³-hybridized carbons (Fsp3) is 0.125. The van der Waals surface area contributed by atoms with Gasteiger partial charge in [-0.15, -0.1) is 0 Å². The van der Waals surface area contributed by atoms with Crippen molar-refractivity contribution in [3.05, 3.63) is 23.8 Å². The minimum atomic E-state index is -0.190. The molecule has 0 bridgehead atoms. The molecule has 0 aromatic heterocycles. The Balaban J connectivity index is 2.89. The van der Waals surface area contributed by atoms with Crippen LogP contribution in [0, 0.1) is 0 Å². The summed E-state index contributed by atoms with van der Waals surface area (Å²) in [6.45, 7) is 0. The second kappa shape index (κ2) is 3.75. The molecule has 0 atom stereocenters. The molecule has 64 valence electrons. The topological polar surface area (TPSA) is 57.5 Å². The van der Waals surface area contributed by atoms with Gasteiger partial charge in [0, 0.05) is 6.42 Å². The minimum absolute atomic E-state index is 0.00214. The molecule has 0 saturated heterocycles. The van der Waals surface area contributed by atoms with Crippen LogP contribution in [0.4, 0.5) is 0 Å². The van der Waals surface area contributed by atoms with Gasteiger partial charge in [-0.05, 0) is 40.3 Å². The molecule has 0 aliphatic heterocycles. The molecule has 0 aliphatic carbocycles. The van der Waals surface area contributed by atoms with Crippen LogP contribution < -0.4 is 0 Å². The van der Waals surface area contributed by atoms with Gasteiger partial charge in [-0.2, -0.15) is 0 Å². The van der Waals surface area contributed by atoms with E-state index in [1.165, 1.54) is 12.1 Å². The Hall–Kier alpha value is -0.780. The van der Waals surface area contributed by atoms with Crippen LogP contribution in [0.2, 0.25) is 0 Å². The number of phenols is 2. The number of carbonyl (C=O) groups excluding carboxylic acids is 1. The highest BCUT2D eigenvalue weighted by molar-refractivity contribution is 14.1. The molecule has 3 nitrogen and oxygen atoms in total. The molecule has 0 saturated carbocycles. The third-order valence-corrected chi connectivity index (χ3v) is 1.76. The summed E-state index contributed by atoms with van der Waals surface area (Å²) in [6, 6.07) is 4.35. The Morgan fingerprint density at radius 3 is 2.50 bits per heavy atom. The lowest BCUT2D eigenvalue weighted by atomic mass is 10.1. The molecule has 0 fully saturated rings. The van der Waals surface area contributed by atoms with Crippen LogP contribution in [0.15, 0.2) is 18.2 Å². The van der Waals surface area contributed by atoms with Gasteiger partial charge in [-0.1, -0.05) is 6.07 Å². The molecular formula is C8H7IO3. The van der Waals surface area contributed by atoms with Crippen molar-refractivity contribution in [2.75, 3.05) is 0 Å². The van der Waals surface area contributed by atoms with Crippen molar-refractivity contribution in [3.8, 4) is 11.5 Å². The molecule has 0 aliphatic rings. The second-order valence-corrected chi connectivity index (χ2v) is 3.56. The molecule has 0 spiro atoms. The van der Waals surface area contributed by atoms with Gasteiger partial charge >= 0.3 is 0 Å². The predicted molar refractivity (Wildman–Crippen MR) is 52.5 cm³/mol. The highest BCUT2D eigenvalue weighted by Gasteiger charge is 2.02. The van der Waals surface area contributed by atoms with E-state index in [1.807, 2.05) is 0 Å². The van der Waals surface area contributed by atoms with E-state index in [9.17, 15) is 4.79 Å². The monoisotopic (exact) mass is 278 g/mol. The van der Waals surface area contributed by atoms with Crippen molar-refractivity contribution in [1.29, 1.82) is 0 Å². The van der Waals surface area contributed by atoms with E-state index >= 15 is 0 Å².